The molecule has 0 unspecified atom stereocenters. The van der Waals surface area contributed by atoms with Crippen LogP contribution in [0.4, 0.5) is 13.6 Å². The zero-order chi connectivity index (χ0) is 17.6. The third-order valence-corrected chi connectivity index (χ3v) is 5.66. The molecule has 132 valence electrons. The molecule has 3 aromatic rings. The molecule has 1 fully saturated rings. The van der Waals surface area contributed by atoms with Crippen molar-refractivity contribution in [2.75, 3.05) is 19.6 Å². The fourth-order valence-corrected chi connectivity index (χ4v) is 4.31. The van der Waals surface area contributed by atoms with Gasteiger partial charge in [-0.25, -0.2) is 23.5 Å². The second kappa shape index (κ2) is 6.39. The van der Waals surface area contributed by atoms with Crippen LogP contribution in [0.3, 0.4) is 0 Å². The number of rotatable bonds is 3. The zero-order valence-corrected chi connectivity index (χ0v) is 15.2. The van der Waals surface area contributed by atoms with Gasteiger partial charge in [0.05, 0.1) is 18.3 Å². The SMILES string of the molecule is O=C(NCC(F)F)N1C[C@@H](I)[C@@H](c2cnc3cnc4[nH]ccc4n23)C1. The van der Waals surface area contributed by atoms with E-state index in [1.54, 1.807) is 17.3 Å². The van der Waals surface area contributed by atoms with Gasteiger partial charge in [-0.1, -0.05) is 22.6 Å². The number of hydrogen-bond donors (Lipinski definition) is 2. The number of hydrogen-bond acceptors (Lipinski definition) is 3. The van der Waals surface area contributed by atoms with Crippen LogP contribution < -0.4 is 5.32 Å². The van der Waals surface area contributed by atoms with E-state index in [0.29, 0.717) is 13.1 Å². The molecule has 10 heteroatoms. The lowest BCUT2D eigenvalue weighted by Gasteiger charge is -2.17. The Kier molecular flexibility index (Phi) is 4.21. The first-order chi connectivity index (χ1) is 12.0. The standard InChI is InChI=1S/C15H15F2IN6O/c16-12(17)4-22-15(25)23-6-8(9(18)7-23)11-3-20-13-5-21-14-10(24(11)13)1-2-19-14/h1-3,5,8-9,12,19H,4,6-7H2,(H,22,25)/t8-,9+/m0/s1. The van der Waals surface area contributed by atoms with Gasteiger partial charge in [-0.2, -0.15) is 0 Å². The monoisotopic (exact) mass is 460 g/mol. The number of halogens is 3. The van der Waals surface area contributed by atoms with Gasteiger partial charge in [-0.3, -0.25) is 4.40 Å². The second-order valence-electron chi connectivity index (χ2n) is 5.95. The fraction of sp³-hybridized carbons (Fsp3) is 0.400. The summed E-state index contributed by atoms with van der Waals surface area (Å²) in [5, 5.41) is 2.27. The van der Waals surface area contributed by atoms with E-state index >= 15 is 0 Å². The molecule has 4 rings (SSSR count). The molecule has 2 amide bonds. The first-order valence-corrected chi connectivity index (χ1v) is 9.03. The molecule has 1 saturated heterocycles. The van der Waals surface area contributed by atoms with E-state index in [9.17, 15) is 13.6 Å². The molecule has 0 bridgehead atoms. The molecule has 4 heterocycles. The molecule has 7 nitrogen and oxygen atoms in total. The molecule has 25 heavy (non-hydrogen) atoms. The average molecular weight is 460 g/mol. The predicted octanol–water partition coefficient (Wildman–Crippen LogP) is 2.39. The summed E-state index contributed by atoms with van der Waals surface area (Å²) in [5.41, 5.74) is 3.42. The highest BCUT2D eigenvalue weighted by Crippen LogP contribution is 2.34. The lowest BCUT2D eigenvalue weighted by atomic mass is 10.1. The van der Waals surface area contributed by atoms with Crippen LogP contribution in [-0.2, 0) is 0 Å². The molecule has 1 aliphatic heterocycles. The number of nitrogens with one attached hydrogen (secondary N) is 2. The van der Waals surface area contributed by atoms with Gasteiger partial charge in [0.2, 0.25) is 0 Å². The smallest absolute Gasteiger partial charge is 0.317 e. The van der Waals surface area contributed by atoms with E-state index in [4.69, 9.17) is 0 Å². The van der Waals surface area contributed by atoms with Crippen molar-refractivity contribution in [2.24, 2.45) is 0 Å². The third-order valence-electron chi connectivity index (χ3n) is 4.39. The summed E-state index contributed by atoms with van der Waals surface area (Å²) < 4.78 is 26.8. The number of alkyl halides is 3. The van der Waals surface area contributed by atoms with E-state index in [2.05, 4.69) is 42.9 Å². The molecule has 2 N–H and O–H groups in total. The first-order valence-electron chi connectivity index (χ1n) is 7.79. The van der Waals surface area contributed by atoms with Crippen molar-refractivity contribution in [2.45, 2.75) is 16.3 Å². The number of imidazole rings is 1. The normalized spacial score (nSPS) is 20.9. The van der Waals surface area contributed by atoms with Crippen LogP contribution >= 0.6 is 22.6 Å². The molecule has 0 aromatic carbocycles. The number of urea groups is 1. The van der Waals surface area contributed by atoms with Crippen molar-refractivity contribution in [1.82, 2.24) is 29.6 Å². The highest BCUT2D eigenvalue weighted by atomic mass is 127. The summed E-state index contributed by atoms with van der Waals surface area (Å²) in [6, 6.07) is 1.48. The van der Waals surface area contributed by atoms with Crippen molar-refractivity contribution < 1.29 is 13.6 Å². The first kappa shape index (κ1) is 16.5. The molecular formula is C15H15F2IN6O. The minimum absolute atomic E-state index is 0.0633. The number of H-pyrrole nitrogens is 1. The molecule has 2 atom stereocenters. The van der Waals surface area contributed by atoms with Gasteiger partial charge in [0.15, 0.2) is 11.3 Å². The van der Waals surface area contributed by atoms with E-state index in [1.165, 1.54) is 0 Å². The number of aromatic nitrogens is 4. The quantitative estimate of drug-likeness (QED) is 0.466. The van der Waals surface area contributed by atoms with Gasteiger partial charge < -0.3 is 15.2 Å². The van der Waals surface area contributed by atoms with Gasteiger partial charge in [0.25, 0.3) is 6.43 Å². The molecule has 0 spiro atoms. The van der Waals surface area contributed by atoms with Gasteiger partial charge >= 0.3 is 6.03 Å². The Hall–Kier alpha value is -1.98. The van der Waals surface area contributed by atoms with Crippen LogP contribution in [0.25, 0.3) is 16.8 Å². The van der Waals surface area contributed by atoms with Crippen LogP contribution in [0.2, 0.25) is 0 Å². The van der Waals surface area contributed by atoms with E-state index < -0.39 is 19.0 Å². The Morgan fingerprint density at radius 3 is 3.04 bits per heavy atom. The number of nitrogens with zero attached hydrogens (tertiary/aromatic N) is 4. The highest BCUT2D eigenvalue weighted by Gasteiger charge is 2.36. The minimum Gasteiger partial charge on any atom is -0.345 e. The Bertz CT molecular complexity index is 925. The molecule has 0 aliphatic carbocycles. The number of carbonyl (C=O) groups is 1. The van der Waals surface area contributed by atoms with Crippen molar-refractivity contribution in [3.05, 3.63) is 30.4 Å². The van der Waals surface area contributed by atoms with Gasteiger partial charge in [-0.05, 0) is 6.07 Å². The maximum atomic E-state index is 12.3. The molecule has 3 aromatic heterocycles. The largest absolute Gasteiger partial charge is 0.345 e. The summed E-state index contributed by atoms with van der Waals surface area (Å²) in [4.78, 5) is 25.5. The highest BCUT2D eigenvalue weighted by molar-refractivity contribution is 14.1. The van der Waals surface area contributed by atoms with Gasteiger partial charge in [-0.15, -0.1) is 0 Å². The summed E-state index contributed by atoms with van der Waals surface area (Å²) in [5.74, 6) is 0.0633. The zero-order valence-electron chi connectivity index (χ0n) is 13.0. The van der Waals surface area contributed by atoms with Crippen LogP contribution in [0.15, 0.2) is 24.7 Å². The number of likely N-dealkylation sites (tertiary alicyclic amines) is 1. The maximum absolute atomic E-state index is 12.3. The second-order valence-corrected chi connectivity index (χ2v) is 7.55. The molecule has 0 saturated carbocycles. The van der Waals surface area contributed by atoms with Crippen molar-refractivity contribution in [3.63, 3.8) is 0 Å². The van der Waals surface area contributed by atoms with E-state index in [1.807, 2.05) is 16.7 Å². The van der Waals surface area contributed by atoms with Crippen LogP contribution in [-0.4, -0.2) is 60.3 Å². The summed E-state index contributed by atoms with van der Waals surface area (Å²) in [7, 11) is 0. The fourth-order valence-electron chi connectivity index (χ4n) is 3.24. The summed E-state index contributed by atoms with van der Waals surface area (Å²) in [6.45, 7) is 0.344. The molecule has 0 radical (unpaired) electrons. The third kappa shape index (κ3) is 2.92. The minimum atomic E-state index is -2.55. The Labute approximate surface area is 154 Å². The Morgan fingerprint density at radius 1 is 1.40 bits per heavy atom. The topological polar surface area (TPSA) is 78.3 Å². The summed E-state index contributed by atoms with van der Waals surface area (Å²) >= 11 is 2.31. The Morgan fingerprint density at radius 2 is 2.24 bits per heavy atom. The van der Waals surface area contributed by atoms with Gasteiger partial charge in [0.1, 0.15) is 0 Å². The lowest BCUT2D eigenvalue weighted by Crippen LogP contribution is -2.40. The predicted molar refractivity (Wildman–Crippen MR) is 96.4 cm³/mol. The average Bonchev–Trinajstić information content (AvgIpc) is 3.28. The van der Waals surface area contributed by atoms with E-state index in [-0.39, 0.29) is 9.84 Å². The lowest BCUT2D eigenvalue weighted by molar-refractivity contribution is 0.141. The van der Waals surface area contributed by atoms with Gasteiger partial charge in [0, 0.05) is 41.0 Å². The molecule has 1 aliphatic rings. The van der Waals surface area contributed by atoms with Crippen molar-refractivity contribution in [3.8, 4) is 0 Å². The van der Waals surface area contributed by atoms with Crippen LogP contribution in [0.1, 0.15) is 11.6 Å². The van der Waals surface area contributed by atoms with E-state index in [0.717, 1.165) is 22.5 Å². The number of amides is 2. The Balaban J connectivity index is 1.63. The van der Waals surface area contributed by atoms with Crippen molar-refractivity contribution >= 4 is 45.4 Å². The number of fused-ring (bicyclic) bond motifs is 3. The number of carbonyl (C=O) groups excluding carboxylic acids is 1. The van der Waals surface area contributed by atoms with Crippen molar-refractivity contribution in [1.29, 1.82) is 0 Å². The number of aromatic amines is 1. The van der Waals surface area contributed by atoms with Crippen LogP contribution in [0, 0.1) is 0 Å². The summed E-state index contributed by atoms with van der Waals surface area (Å²) in [6.07, 6.45) is 2.78. The molecular weight excluding hydrogens is 445 g/mol. The maximum Gasteiger partial charge on any atom is 0.317 e. The van der Waals surface area contributed by atoms with Crippen LogP contribution in [0.5, 0.6) is 0 Å².